The molecule has 0 aliphatic carbocycles. The third kappa shape index (κ3) is 8.02. The van der Waals surface area contributed by atoms with E-state index in [1.54, 1.807) is 39.0 Å². The highest BCUT2D eigenvalue weighted by atomic mass is 32.2. The van der Waals surface area contributed by atoms with Gasteiger partial charge >= 0.3 is 12.1 Å². The highest BCUT2D eigenvalue weighted by Crippen LogP contribution is 2.45. The van der Waals surface area contributed by atoms with E-state index in [0.717, 1.165) is 29.6 Å². The number of likely N-dealkylation sites (tertiary alicyclic amines) is 1. The van der Waals surface area contributed by atoms with E-state index in [2.05, 4.69) is 27.3 Å². The molecule has 58 heavy (non-hydrogen) atoms. The Kier molecular flexibility index (Phi) is 11.3. The molecule has 0 bridgehead atoms. The number of aromatic nitrogens is 4. The number of anilines is 1. The van der Waals surface area contributed by atoms with Crippen molar-refractivity contribution >= 4 is 27.5 Å². The molecule has 2 atom stereocenters. The predicted octanol–water partition coefficient (Wildman–Crippen LogP) is 6.73. The number of carboxylic acid groups (broad SMARTS) is 1. The molecule has 2 saturated heterocycles. The van der Waals surface area contributed by atoms with Crippen LogP contribution < -0.4 is 10.1 Å². The number of hydrogen-bond acceptors (Lipinski definition) is 10. The van der Waals surface area contributed by atoms with Crippen molar-refractivity contribution in [2.24, 2.45) is 5.41 Å². The van der Waals surface area contributed by atoms with Gasteiger partial charge in [0, 0.05) is 44.1 Å². The van der Waals surface area contributed by atoms with Gasteiger partial charge in [-0.25, -0.2) is 8.42 Å². The first-order valence-electron chi connectivity index (χ1n) is 19.8. The fourth-order valence-electron chi connectivity index (χ4n) is 8.65. The number of piperidine rings is 1. The van der Waals surface area contributed by atoms with Crippen molar-refractivity contribution in [3.8, 4) is 5.88 Å². The Labute approximate surface area is 337 Å². The summed E-state index contributed by atoms with van der Waals surface area (Å²) >= 11 is 0. The molecule has 2 N–H and O–H groups in total. The molecule has 3 aromatic heterocycles. The van der Waals surface area contributed by atoms with Crippen LogP contribution in [0, 0.1) is 26.2 Å². The minimum Gasteiger partial charge on any atom is -0.481 e. The minimum atomic E-state index is -4.75. The van der Waals surface area contributed by atoms with Crippen LogP contribution in [-0.2, 0) is 32.3 Å². The van der Waals surface area contributed by atoms with E-state index in [0.29, 0.717) is 59.7 Å². The highest BCUT2D eigenvalue weighted by Gasteiger charge is 2.47. The van der Waals surface area contributed by atoms with E-state index < -0.39 is 44.9 Å². The fraction of sp³-hybridized carbons (Fsp3) is 0.561. The number of nitrogens with one attached hydrogen (secondary N) is 1. The smallest absolute Gasteiger partial charge is 0.452 e. The van der Waals surface area contributed by atoms with Crippen LogP contribution in [0.4, 0.5) is 19.0 Å². The van der Waals surface area contributed by atoms with Gasteiger partial charge in [0.15, 0.2) is 5.65 Å². The maximum atomic E-state index is 14.8. The van der Waals surface area contributed by atoms with Gasteiger partial charge in [-0.1, -0.05) is 24.6 Å². The average molecular weight is 828 g/mol. The molecule has 1 unspecified atom stereocenters. The number of carbonyl (C=O) groups is 1. The topological polar surface area (TPSA) is 151 Å². The third-order valence-corrected chi connectivity index (χ3v) is 13.9. The van der Waals surface area contributed by atoms with Crippen LogP contribution in [-0.4, -0.2) is 99.3 Å². The predicted molar refractivity (Wildman–Crippen MR) is 211 cm³/mol. The number of aliphatic carboxylic acids is 1. The highest BCUT2D eigenvalue weighted by molar-refractivity contribution is 7.89. The van der Waals surface area contributed by atoms with Gasteiger partial charge in [0.1, 0.15) is 16.3 Å². The van der Waals surface area contributed by atoms with E-state index >= 15 is 0 Å². The quantitative estimate of drug-likeness (QED) is 0.175. The van der Waals surface area contributed by atoms with Gasteiger partial charge < -0.3 is 24.8 Å². The lowest BCUT2D eigenvalue weighted by molar-refractivity contribution is -0.147. The zero-order chi connectivity index (χ0) is 41.8. The van der Waals surface area contributed by atoms with E-state index in [1.807, 2.05) is 19.9 Å². The molecule has 3 aliphatic heterocycles. The van der Waals surface area contributed by atoms with Crippen LogP contribution in [0.5, 0.6) is 5.88 Å². The van der Waals surface area contributed by atoms with Crippen LogP contribution in [0.3, 0.4) is 0 Å². The minimum absolute atomic E-state index is 0.0279. The number of hydrogen-bond donors (Lipinski definition) is 2. The number of fused-ring (bicyclic) bond motifs is 2. The molecule has 4 aromatic rings. The molecular weight excluding hydrogens is 776 g/mol. The lowest BCUT2D eigenvalue weighted by Gasteiger charge is -2.38. The molecule has 6 heterocycles. The molecular formula is C41H52F3N7O6S. The van der Waals surface area contributed by atoms with Crippen molar-refractivity contribution in [3.05, 3.63) is 75.7 Å². The first-order chi connectivity index (χ1) is 27.3. The van der Waals surface area contributed by atoms with Crippen molar-refractivity contribution < 1.29 is 41.0 Å². The number of halogens is 3. The van der Waals surface area contributed by atoms with Crippen molar-refractivity contribution in [2.45, 2.75) is 109 Å². The number of aryl methyl sites for hydroxylation is 3. The zero-order valence-corrected chi connectivity index (χ0v) is 34.6. The van der Waals surface area contributed by atoms with E-state index in [9.17, 15) is 31.5 Å². The molecule has 0 radical (unpaired) electrons. The molecule has 13 nitrogen and oxygen atoms in total. The lowest BCUT2D eigenvalue weighted by Crippen LogP contribution is -2.50. The van der Waals surface area contributed by atoms with Gasteiger partial charge in [0.25, 0.3) is 0 Å². The summed E-state index contributed by atoms with van der Waals surface area (Å²) in [7, 11) is -4.20. The summed E-state index contributed by atoms with van der Waals surface area (Å²) in [6.45, 7) is 14.2. The Morgan fingerprint density at radius 3 is 2.40 bits per heavy atom. The summed E-state index contributed by atoms with van der Waals surface area (Å²) in [4.78, 5) is 20.1. The molecule has 7 rings (SSSR count). The van der Waals surface area contributed by atoms with Gasteiger partial charge in [-0.05, 0) is 113 Å². The molecule has 3 aliphatic rings. The monoisotopic (exact) mass is 827 g/mol. The largest absolute Gasteiger partial charge is 0.481 e. The Hall–Kier alpha value is -4.32. The van der Waals surface area contributed by atoms with E-state index in [4.69, 9.17) is 14.5 Å². The fourth-order valence-corrected chi connectivity index (χ4v) is 10.3. The van der Waals surface area contributed by atoms with Crippen molar-refractivity contribution in [1.29, 1.82) is 0 Å². The summed E-state index contributed by atoms with van der Waals surface area (Å²) in [5, 5.41) is 21.3. The van der Waals surface area contributed by atoms with E-state index in [-0.39, 0.29) is 35.6 Å². The number of sulfonamides is 1. The Morgan fingerprint density at radius 2 is 1.72 bits per heavy atom. The summed E-state index contributed by atoms with van der Waals surface area (Å²) in [5.41, 5.74) is 0.990. The number of pyridine rings is 2. The van der Waals surface area contributed by atoms with Crippen LogP contribution in [0.25, 0.3) is 5.65 Å². The Balaban J connectivity index is 1.27. The van der Waals surface area contributed by atoms with Crippen LogP contribution >= 0.6 is 0 Å². The molecule has 2 fully saturated rings. The molecule has 0 amide bonds. The molecule has 1 spiro atoms. The van der Waals surface area contributed by atoms with Crippen molar-refractivity contribution in [3.63, 3.8) is 0 Å². The van der Waals surface area contributed by atoms with Crippen LogP contribution in [0.1, 0.15) is 98.0 Å². The normalized spacial score (nSPS) is 19.9. The molecule has 1 aromatic carbocycles. The SMILES string of the molecule is Cc1ccc([C@H](c2ccn3c(C(F)(F)F)nnc3c2C)C(C)(C)C(=O)O)cc1CN1CC2(CCOCC2)Oc2nc(NC(C)CN3CCCCC3)c(C)cc2S1(=O)=O. The Morgan fingerprint density at radius 1 is 1.02 bits per heavy atom. The number of benzene rings is 1. The maximum absolute atomic E-state index is 14.8. The van der Waals surface area contributed by atoms with Crippen molar-refractivity contribution in [1.82, 2.24) is 28.8 Å². The molecule has 17 heteroatoms. The number of rotatable bonds is 10. The van der Waals surface area contributed by atoms with E-state index in [1.165, 1.54) is 35.8 Å². The second-order valence-corrected chi connectivity index (χ2v) is 18.7. The molecule has 314 valence electrons. The third-order valence-electron chi connectivity index (χ3n) is 12.1. The number of carboxylic acids is 1. The van der Waals surface area contributed by atoms with Gasteiger partial charge in [-0.2, -0.15) is 22.5 Å². The van der Waals surface area contributed by atoms with Crippen LogP contribution in [0.2, 0.25) is 0 Å². The van der Waals surface area contributed by atoms with Gasteiger partial charge in [-0.15, -0.1) is 10.2 Å². The van der Waals surface area contributed by atoms with Gasteiger partial charge in [0.2, 0.25) is 21.7 Å². The second-order valence-electron chi connectivity index (χ2n) is 16.8. The van der Waals surface area contributed by atoms with Crippen LogP contribution in [0.15, 0.2) is 41.4 Å². The van der Waals surface area contributed by atoms with Gasteiger partial charge in [-0.3, -0.25) is 9.20 Å². The summed E-state index contributed by atoms with van der Waals surface area (Å²) in [6.07, 6.45) is 0.939. The summed E-state index contributed by atoms with van der Waals surface area (Å²) < 4.78 is 85.5. The second kappa shape index (κ2) is 15.7. The summed E-state index contributed by atoms with van der Waals surface area (Å²) in [5.74, 6) is -2.57. The Bertz CT molecular complexity index is 2300. The first kappa shape index (κ1) is 41.8. The number of alkyl halides is 3. The first-order valence-corrected chi connectivity index (χ1v) is 21.3. The molecule has 0 saturated carbocycles. The van der Waals surface area contributed by atoms with Crippen molar-refractivity contribution in [2.75, 3.05) is 44.7 Å². The zero-order valence-electron chi connectivity index (χ0n) is 33.8. The number of ether oxygens (including phenoxy) is 2. The maximum Gasteiger partial charge on any atom is 0.452 e. The lowest BCUT2D eigenvalue weighted by atomic mass is 9.70. The average Bonchev–Trinajstić information content (AvgIpc) is 3.59. The summed E-state index contributed by atoms with van der Waals surface area (Å²) in [6, 6.07) is 8.57. The number of nitrogens with zero attached hydrogens (tertiary/aromatic N) is 6. The van der Waals surface area contributed by atoms with Gasteiger partial charge in [0.05, 0.1) is 25.2 Å². The standard InChI is InChI=1S/C41H52F3N7O6S/c1-25-10-11-29(33(39(5,6)38(52)53)31-12-17-51-35(28(31)4)47-48-37(51)41(42,43)44)21-30(25)23-50-24-40(13-18-56-19-14-40)57-36-32(58(50,54)55)20-26(2)34(46-36)45-27(3)22-49-15-8-7-9-16-49/h10-12,17,20-21,27,33H,7-9,13-16,18-19,22-24H2,1-6H3,(H,45,46)(H,52,53)/t27?,33-/m1/s1.